The van der Waals surface area contributed by atoms with Gasteiger partial charge >= 0.3 is 0 Å². The molecule has 2 aromatic carbocycles. The molecule has 1 saturated heterocycles. The number of morpholine rings is 1. The third-order valence-electron chi connectivity index (χ3n) is 5.85. The first-order chi connectivity index (χ1) is 15.3. The lowest BCUT2D eigenvalue weighted by Crippen LogP contribution is -2.48. The van der Waals surface area contributed by atoms with Crippen LogP contribution in [0.4, 0.5) is 0 Å². The summed E-state index contributed by atoms with van der Waals surface area (Å²) in [5.41, 5.74) is 3.66. The van der Waals surface area contributed by atoms with Crippen molar-refractivity contribution in [2.75, 3.05) is 13.1 Å². The highest BCUT2D eigenvalue weighted by Crippen LogP contribution is 2.30. The number of carbonyl (C=O) groups excluding carboxylic acids is 2. The number of benzene rings is 2. The van der Waals surface area contributed by atoms with E-state index in [4.69, 9.17) is 4.74 Å². The lowest BCUT2D eigenvalue weighted by molar-refractivity contribution is -0.121. The van der Waals surface area contributed by atoms with Crippen LogP contribution in [-0.2, 0) is 22.6 Å². The molecule has 1 fully saturated rings. The van der Waals surface area contributed by atoms with E-state index in [0.717, 1.165) is 26.6 Å². The average molecular weight is 498 g/mol. The van der Waals surface area contributed by atoms with E-state index in [1.54, 1.807) is 0 Å². The van der Waals surface area contributed by atoms with E-state index in [2.05, 4.69) is 21.2 Å². The van der Waals surface area contributed by atoms with Crippen LogP contribution >= 0.6 is 15.9 Å². The monoisotopic (exact) mass is 497 g/mol. The Balaban J connectivity index is 1.36. The third kappa shape index (κ3) is 4.74. The maximum atomic E-state index is 12.8. The molecule has 0 aliphatic carbocycles. The molecule has 1 aliphatic heterocycles. The van der Waals surface area contributed by atoms with Gasteiger partial charge in [-0.3, -0.25) is 9.59 Å². The lowest BCUT2D eigenvalue weighted by atomic mass is 10.1. The summed E-state index contributed by atoms with van der Waals surface area (Å²) in [4.78, 5) is 27.3. The first kappa shape index (κ1) is 22.6. The fourth-order valence-corrected chi connectivity index (χ4v) is 4.83. The number of para-hydroxylation sites is 1. The van der Waals surface area contributed by atoms with Crippen molar-refractivity contribution in [2.24, 2.45) is 0 Å². The number of hydrogen-bond donors (Lipinski definition) is 1. The molecule has 3 aromatic rings. The van der Waals surface area contributed by atoms with Crippen LogP contribution in [-0.4, -0.2) is 46.6 Å². The van der Waals surface area contributed by atoms with Crippen molar-refractivity contribution in [2.45, 2.75) is 46.1 Å². The predicted molar refractivity (Wildman–Crippen MR) is 129 cm³/mol. The Morgan fingerprint density at radius 1 is 1.06 bits per heavy atom. The van der Waals surface area contributed by atoms with Gasteiger partial charge in [0.15, 0.2) is 0 Å². The minimum atomic E-state index is -0.0576. The Hall–Kier alpha value is -2.64. The Labute approximate surface area is 196 Å². The molecular formula is C25H28BrN3O3. The number of fused-ring (bicyclic) bond motifs is 1. The maximum Gasteiger partial charge on any atom is 0.254 e. The normalized spacial score (nSPS) is 18.7. The summed E-state index contributed by atoms with van der Waals surface area (Å²) >= 11 is 3.63. The SMILES string of the molecule is Cc1c(Br)c2ccccc2n1CC(=O)NCc1ccc(C(=O)N2CC(C)OC(C)C2)cc1. The van der Waals surface area contributed by atoms with Gasteiger partial charge in [0.25, 0.3) is 5.91 Å². The molecule has 4 rings (SSSR count). The summed E-state index contributed by atoms with van der Waals surface area (Å²) in [5, 5.41) is 4.08. The molecule has 2 atom stereocenters. The second-order valence-electron chi connectivity index (χ2n) is 8.44. The number of nitrogens with zero attached hydrogens (tertiary/aromatic N) is 2. The van der Waals surface area contributed by atoms with Crippen LogP contribution in [0.25, 0.3) is 10.9 Å². The number of aromatic nitrogens is 1. The number of rotatable bonds is 5. The van der Waals surface area contributed by atoms with E-state index in [1.807, 2.05) is 78.8 Å². The summed E-state index contributed by atoms with van der Waals surface area (Å²) in [5.74, 6) is -0.0408. The summed E-state index contributed by atoms with van der Waals surface area (Å²) < 4.78 is 8.75. The smallest absolute Gasteiger partial charge is 0.254 e. The summed E-state index contributed by atoms with van der Waals surface area (Å²) in [7, 11) is 0. The molecule has 2 heterocycles. The molecule has 2 amide bonds. The molecular weight excluding hydrogens is 470 g/mol. The van der Waals surface area contributed by atoms with Gasteiger partial charge in [0.2, 0.25) is 5.91 Å². The van der Waals surface area contributed by atoms with E-state index in [0.29, 0.717) is 25.2 Å². The molecule has 1 N–H and O–H groups in total. The standard InChI is InChI=1S/C25H28BrN3O3/c1-16-13-28(14-17(2)32-16)25(31)20-10-8-19(9-11-20)12-27-23(30)15-29-18(3)24(26)21-6-4-5-7-22(21)29/h4-11,16-17H,12-15H2,1-3H3,(H,27,30). The van der Waals surface area contributed by atoms with Gasteiger partial charge in [-0.2, -0.15) is 0 Å². The van der Waals surface area contributed by atoms with Gasteiger partial charge < -0.3 is 19.5 Å². The van der Waals surface area contributed by atoms with Gasteiger partial charge in [0, 0.05) is 46.3 Å². The van der Waals surface area contributed by atoms with Gasteiger partial charge in [-0.05, 0) is 60.5 Å². The van der Waals surface area contributed by atoms with Gasteiger partial charge in [0.1, 0.15) is 6.54 Å². The van der Waals surface area contributed by atoms with Crippen LogP contribution < -0.4 is 5.32 Å². The Morgan fingerprint density at radius 3 is 2.41 bits per heavy atom. The van der Waals surface area contributed by atoms with Crippen molar-refractivity contribution in [3.8, 4) is 0 Å². The Morgan fingerprint density at radius 2 is 1.72 bits per heavy atom. The molecule has 7 heteroatoms. The topological polar surface area (TPSA) is 63.6 Å². The highest BCUT2D eigenvalue weighted by Gasteiger charge is 2.26. The predicted octanol–water partition coefficient (Wildman–Crippen LogP) is 4.28. The van der Waals surface area contributed by atoms with E-state index < -0.39 is 0 Å². The number of hydrogen-bond acceptors (Lipinski definition) is 3. The molecule has 0 spiro atoms. The lowest BCUT2D eigenvalue weighted by Gasteiger charge is -2.35. The minimum Gasteiger partial charge on any atom is -0.372 e. The van der Waals surface area contributed by atoms with Gasteiger partial charge in [-0.1, -0.05) is 30.3 Å². The Bertz CT molecular complexity index is 1130. The summed E-state index contributed by atoms with van der Waals surface area (Å²) in [6, 6.07) is 15.5. The number of nitrogens with one attached hydrogen (secondary N) is 1. The van der Waals surface area contributed by atoms with Crippen molar-refractivity contribution in [3.05, 3.63) is 69.8 Å². The zero-order valence-corrected chi connectivity index (χ0v) is 20.2. The maximum absolute atomic E-state index is 12.8. The Kier molecular flexibility index (Phi) is 6.67. The highest BCUT2D eigenvalue weighted by atomic mass is 79.9. The number of halogens is 1. The van der Waals surface area contributed by atoms with Crippen molar-refractivity contribution in [1.29, 1.82) is 0 Å². The van der Waals surface area contributed by atoms with Gasteiger partial charge in [-0.15, -0.1) is 0 Å². The summed E-state index contributed by atoms with van der Waals surface area (Å²) in [6.07, 6.45) is 0.0812. The number of amides is 2. The first-order valence-electron chi connectivity index (χ1n) is 10.9. The van der Waals surface area contributed by atoms with Crippen LogP contribution in [0, 0.1) is 6.92 Å². The first-order valence-corrected chi connectivity index (χ1v) is 11.7. The van der Waals surface area contributed by atoms with Crippen molar-refractivity contribution >= 4 is 38.6 Å². The molecule has 32 heavy (non-hydrogen) atoms. The van der Waals surface area contributed by atoms with Crippen LogP contribution in [0.3, 0.4) is 0 Å². The minimum absolute atomic E-state index is 0.0168. The fourth-order valence-electron chi connectivity index (χ4n) is 4.28. The highest BCUT2D eigenvalue weighted by molar-refractivity contribution is 9.10. The molecule has 0 bridgehead atoms. The van der Waals surface area contributed by atoms with Crippen molar-refractivity contribution < 1.29 is 14.3 Å². The van der Waals surface area contributed by atoms with Crippen LogP contribution in [0.2, 0.25) is 0 Å². The van der Waals surface area contributed by atoms with Crippen LogP contribution in [0.5, 0.6) is 0 Å². The fraction of sp³-hybridized carbons (Fsp3) is 0.360. The molecule has 1 aromatic heterocycles. The molecule has 2 unspecified atom stereocenters. The quantitative estimate of drug-likeness (QED) is 0.572. The van der Waals surface area contributed by atoms with E-state index in [-0.39, 0.29) is 30.6 Å². The number of carbonyl (C=O) groups is 2. The second kappa shape index (κ2) is 9.46. The van der Waals surface area contributed by atoms with E-state index in [9.17, 15) is 9.59 Å². The third-order valence-corrected chi connectivity index (χ3v) is 6.85. The largest absolute Gasteiger partial charge is 0.372 e. The zero-order chi connectivity index (χ0) is 22.8. The van der Waals surface area contributed by atoms with E-state index >= 15 is 0 Å². The van der Waals surface area contributed by atoms with E-state index in [1.165, 1.54) is 0 Å². The summed E-state index contributed by atoms with van der Waals surface area (Å²) in [6.45, 7) is 7.84. The average Bonchev–Trinajstić information content (AvgIpc) is 3.02. The zero-order valence-electron chi connectivity index (χ0n) is 18.6. The molecule has 0 radical (unpaired) electrons. The molecule has 1 aliphatic rings. The van der Waals surface area contributed by atoms with Crippen LogP contribution in [0.15, 0.2) is 53.0 Å². The van der Waals surface area contributed by atoms with Gasteiger partial charge in [-0.25, -0.2) is 0 Å². The second-order valence-corrected chi connectivity index (χ2v) is 9.24. The van der Waals surface area contributed by atoms with Crippen molar-refractivity contribution in [1.82, 2.24) is 14.8 Å². The molecule has 0 saturated carbocycles. The molecule has 168 valence electrons. The van der Waals surface area contributed by atoms with Crippen LogP contribution in [0.1, 0.15) is 35.5 Å². The van der Waals surface area contributed by atoms with Crippen molar-refractivity contribution in [3.63, 3.8) is 0 Å². The number of ether oxygens (including phenoxy) is 1. The van der Waals surface area contributed by atoms with Gasteiger partial charge in [0.05, 0.1) is 12.2 Å². The molecule has 6 nitrogen and oxygen atoms in total.